The first-order valence-corrected chi connectivity index (χ1v) is 9.24. The Morgan fingerprint density at radius 2 is 1.64 bits per heavy atom. The predicted octanol–water partition coefficient (Wildman–Crippen LogP) is 2.54. The lowest BCUT2D eigenvalue weighted by Gasteiger charge is -2.32. The smallest absolute Gasteiger partial charge is 0.250 e. The predicted molar refractivity (Wildman–Crippen MR) is 95.3 cm³/mol. The fraction of sp³-hybridized carbons (Fsp3) is 0.684. The maximum Gasteiger partial charge on any atom is 0.250 e. The van der Waals surface area contributed by atoms with E-state index in [-0.39, 0.29) is 12.8 Å². The minimum Gasteiger partial charge on any atom is -0.492 e. The number of ether oxygens (including phenoxy) is 1. The molecule has 6 heteroatoms. The average Bonchev–Trinajstić information content (AvgIpc) is 2.60. The van der Waals surface area contributed by atoms with Crippen LogP contribution in [0.15, 0.2) is 24.3 Å². The van der Waals surface area contributed by atoms with Gasteiger partial charge in [-0.05, 0) is 13.1 Å². The lowest BCUT2D eigenvalue weighted by molar-refractivity contribution is -0.0567. The van der Waals surface area contributed by atoms with E-state index in [0.29, 0.717) is 26.2 Å². The molecule has 2 aliphatic heterocycles. The summed E-state index contributed by atoms with van der Waals surface area (Å²) in [5, 5.41) is 0. The van der Waals surface area contributed by atoms with E-state index >= 15 is 0 Å². The minimum atomic E-state index is -2.49. The molecule has 1 aromatic rings. The van der Waals surface area contributed by atoms with E-state index in [4.69, 9.17) is 4.74 Å². The first-order valence-electron chi connectivity index (χ1n) is 9.24. The fourth-order valence-corrected chi connectivity index (χ4v) is 3.41. The highest BCUT2D eigenvalue weighted by Crippen LogP contribution is 2.29. The van der Waals surface area contributed by atoms with Crippen LogP contribution in [0.2, 0.25) is 0 Å². The summed E-state index contributed by atoms with van der Waals surface area (Å²) >= 11 is 0. The van der Waals surface area contributed by atoms with Crippen molar-refractivity contribution in [2.24, 2.45) is 0 Å². The average molecular weight is 353 g/mol. The van der Waals surface area contributed by atoms with Gasteiger partial charge >= 0.3 is 0 Å². The number of rotatable bonds is 6. The van der Waals surface area contributed by atoms with E-state index in [2.05, 4.69) is 21.7 Å². The zero-order valence-electron chi connectivity index (χ0n) is 15.1. The second-order valence-corrected chi connectivity index (χ2v) is 7.23. The van der Waals surface area contributed by atoms with Crippen LogP contribution in [0.3, 0.4) is 0 Å². The summed E-state index contributed by atoms with van der Waals surface area (Å²) in [6, 6.07) is 7.98. The van der Waals surface area contributed by atoms with Crippen LogP contribution in [-0.4, -0.2) is 80.1 Å². The monoisotopic (exact) mass is 353 g/mol. The molecule has 0 atom stereocenters. The molecule has 0 saturated carbocycles. The molecule has 0 spiro atoms. The normalized spacial score (nSPS) is 22.8. The Hall–Kier alpha value is -1.24. The highest BCUT2D eigenvalue weighted by molar-refractivity contribution is 5.33. The summed E-state index contributed by atoms with van der Waals surface area (Å²) in [5.74, 6) is -1.61. The zero-order chi connectivity index (χ0) is 17.7. The molecule has 2 heterocycles. The lowest BCUT2D eigenvalue weighted by atomic mass is 10.1. The van der Waals surface area contributed by atoms with Crippen molar-refractivity contribution in [3.63, 3.8) is 0 Å². The Kier molecular flexibility index (Phi) is 6.25. The van der Waals surface area contributed by atoms with Gasteiger partial charge in [0.2, 0.25) is 0 Å². The number of benzene rings is 1. The molecular formula is C19H29F2N3O. The Bertz CT molecular complexity index is 537. The molecule has 0 aromatic heterocycles. The van der Waals surface area contributed by atoms with Crippen LogP contribution in [0, 0.1) is 0 Å². The van der Waals surface area contributed by atoms with Crippen molar-refractivity contribution in [2.45, 2.75) is 25.3 Å². The molecule has 0 N–H and O–H groups in total. The summed E-state index contributed by atoms with van der Waals surface area (Å²) in [6.07, 6.45) is -0.0845. The zero-order valence-corrected chi connectivity index (χ0v) is 15.1. The van der Waals surface area contributed by atoms with E-state index < -0.39 is 5.92 Å². The van der Waals surface area contributed by atoms with Crippen molar-refractivity contribution in [1.29, 1.82) is 0 Å². The molecule has 0 unspecified atom stereocenters. The van der Waals surface area contributed by atoms with Crippen molar-refractivity contribution in [2.75, 3.05) is 59.5 Å². The van der Waals surface area contributed by atoms with Gasteiger partial charge < -0.3 is 9.64 Å². The number of likely N-dealkylation sites (N-methyl/N-ethyl adjacent to an activating group) is 1. The molecule has 2 fully saturated rings. The number of alkyl halides is 2. The maximum atomic E-state index is 13.3. The molecular weight excluding hydrogens is 324 g/mol. The third kappa shape index (κ3) is 5.62. The summed E-state index contributed by atoms with van der Waals surface area (Å²) in [7, 11) is 2.15. The Labute approximate surface area is 149 Å². The van der Waals surface area contributed by atoms with Gasteiger partial charge in [0.15, 0.2) is 0 Å². The molecule has 4 nitrogen and oxygen atoms in total. The van der Waals surface area contributed by atoms with Crippen LogP contribution >= 0.6 is 0 Å². The molecule has 1 aromatic carbocycles. The van der Waals surface area contributed by atoms with Gasteiger partial charge in [0.25, 0.3) is 5.92 Å². The lowest BCUT2D eigenvalue weighted by Crippen LogP contribution is -2.45. The van der Waals surface area contributed by atoms with Crippen molar-refractivity contribution in [1.82, 2.24) is 14.7 Å². The molecule has 140 valence electrons. The van der Waals surface area contributed by atoms with Gasteiger partial charge in [0.1, 0.15) is 12.4 Å². The van der Waals surface area contributed by atoms with Crippen molar-refractivity contribution >= 4 is 0 Å². The van der Waals surface area contributed by atoms with Crippen LogP contribution in [0.5, 0.6) is 5.75 Å². The first kappa shape index (κ1) is 18.5. The molecule has 0 amide bonds. The quantitative estimate of drug-likeness (QED) is 0.782. The maximum absolute atomic E-state index is 13.3. The standard InChI is InChI=1S/C19H29F2N3O/c1-22-10-12-23(13-11-22)14-15-25-18-5-3-2-4-17(18)16-24-8-6-19(20,21)7-9-24/h2-5H,6-16H2,1H3. The number of hydrogen-bond acceptors (Lipinski definition) is 4. The number of likely N-dealkylation sites (tertiary alicyclic amines) is 1. The first-order chi connectivity index (χ1) is 12.0. The molecule has 0 aliphatic carbocycles. The number of halogens is 2. The second kappa shape index (κ2) is 8.43. The number of piperidine rings is 1. The van der Waals surface area contributed by atoms with E-state index in [1.54, 1.807) is 0 Å². The summed E-state index contributed by atoms with van der Waals surface area (Å²) < 4.78 is 32.6. The second-order valence-electron chi connectivity index (χ2n) is 7.23. The SMILES string of the molecule is CN1CCN(CCOc2ccccc2CN2CCC(F)(F)CC2)CC1. The van der Waals surface area contributed by atoms with Crippen LogP contribution < -0.4 is 4.74 Å². The molecule has 0 bridgehead atoms. The minimum absolute atomic E-state index is 0.0422. The Balaban J connectivity index is 1.47. The highest BCUT2D eigenvalue weighted by Gasteiger charge is 2.34. The largest absolute Gasteiger partial charge is 0.492 e. The van der Waals surface area contributed by atoms with Gasteiger partial charge in [-0.1, -0.05) is 18.2 Å². The third-order valence-electron chi connectivity index (χ3n) is 5.22. The number of para-hydroxylation sites is 1. The molecule has 2 aliphatic rings. The summed E-state index contributed by atoms with van der Waals surface area (Å²) in [4.78, 5) is 6.87. The Morgan fingerprint density at radius 1 is 0.960 bits per heavy atom. The number of hydrogen-bond donors (Lipinski definition) is 0. The van der Waals surface area contributed by atoms with Crippen LogP contribution in [-0.2, 0) is 6.54 Å². The fourth-order valence-electron chi connectivity index (χ4n) is 3.41. The molecule has 3 rings (SSSR count). The van der Waals surface area contributed by atoms with Gasteiger partial charge in [-0.25, -0.2) is 8.78 Å². The van der Waals surface area contributed by atoms with Crippen LogP contribution in [0.4, 0.5) is 8.78 Å². The van der Waals surface area contributed by atoms with Gasteiger partial charge in [0, 0.05) is 70.8 Å². The van der Waals surface area contributed by atoms with E-state index in [0.717, 1.165) is 44.0 Å². The van der Waals surface area contributed by atoms with Gasteiger partial charge in [-0.15, -0.1) is 0 Å². The summed E-state index contributed by atoms with van der Waals surface area (Å²) in [6.45, 7) is 7.56. The van der Waals surface area contributed by atoms with Gasteiger partial charge in [-0.3, -0.25) is 9.80 Å². The topological polar surface area (TPSA) is 19.0 Å². The molecule has 0 radical (unpaired) electrons. The van der Waals surface area contributed by atoms with E-state index in [9.17, 15) is 8.78 Å². The Morgan fingerprint density at radius 3 is 2.36 bits per heavy atom. The molecule has 2 saturated heterocycles. The number of nitrogens with zero attached hydrogens (tertiary/aromatic N) is 3. The molecule has 25 heavy (non-hydrogen) atoms. The van der Waals surface area contributed by atoms with Crippen LogP contribution in [0.1, 0.15) is 18.4 Å². The van der Waals surface area contributed by atoms with Gasteiger partial charge in [0.05, 0.1) is 0 Å². The van der Waals surface area contributed by atoms with E-state index in [1.807, 2.05) is 24.3 Å². The highest BCUT2D eigenvalue weighted by atomic mass is 19.3. The van der Waals surface area contributed by atoms with Crippen molar-refractivity contribution in [3.05, 3.63) is 29.8 Å². The van der Waals surface area contributed by atoms with Crippen molar-refractivity contribution < 1.29 is 13.5 Å². The van der Waals surface area contributed by atoms with Gasteiger partial charge in [-0.2, -0.15) is 0 Å². The van der Waals surface area contributed by atoms with Crippen LogP contribution in [0.25, 0.3) is 0 Å². The number of piperazine rings is 1. The third-order valence-corrected chi connectivity index (χ3v) is 5.22. The summed E-state index contributed by atoms with van der Waals surface area (Å²) in [5.41, 5.74) is 1.09. The van der Waals surface area contributed by atoms with Crippen molar-refractivity contribution in [3.8, 4) is 5.75 Å². The van der Waals surface area contributed by atoms with E-state index in [1.165, 1.54) is 0 Å².